The molecule has 108 valence electrons. The van der Waals surface area contributed by atoms with Gasteiger partial charge in [0, 0.05) is 11.3 Å². The highest BCUT2D eigenvalue weighted by molar-refractivity contribution is 5.41. The number of hydrogen-bond donors (Lipinski definition) is 0. The maximum atomic E-state index is 14.3. The minimum atomic E-state index is -5.22. The van der Waals surface area contributed by atoms with E-state index in [4.69, 9.17) is 0 Å². The van der Waals surface area contributed by atoms with Crippen molar-refractivity contribution in [2.45, 2.75) is 37.5 Å². The van der Waals surface area contributed by atoms with Crippen molar-refractivity contribution in [1.29, 1.82) is 0 Å². The highest BCUT2D eigenvalue weighted by Gasteiger charge is 2.83. The number of allylic oxidation sites excluding steroid dienone is 3. The van der Waals surface area contributed by atoms with Crippen LogP contribution in [0.1, 0.15) is 13.8 Å². The van der Waals surface area contributed by atoms with Gasteiger partial charge in [-0.3, -0.25) is 5.01 Å². The molecular formula is C10H9F7N2. The quantitative estimate of drug-likeness (QED) is 0.414. The summed E-state index contributed by atoms with van der Waals surface area (Å²) in [5, 5.41) is -1.37. The summed E-state index contributed by atoms with van der Waals surface area (Å²) in [6, 6.07) is -6.29. The van der Waals surface area contributed by atoms with Gasteiger partial charge < -0.3 is 0 Å². The zero-order valence-electron chi connectivity index (χ0n) is 9.77. The van der Waals surface area contributed by atoms with E-state index in [0.29, 0.717) is 6.08 Å². The van der Waals surface area contributed by atoms with E-state index < -0.39 is 40.4 Å². The molecule has 0 N–H and O–H groups in total. The third kappa shape index (κ3) is 1.36. The van der Waals surface area contributed by atoms with Gasteiger partial charge in [-0.2, -0.15) is 17.6 Å². The lowest BCUT2D eigenvalue weighted by atomic mass is 9.87. The molecule has 9 heteroatoms. The molecule has 2 nitrogen and oxygen atoms in total. The van der Waals surface area contributed by atoms with Crippen LogP contribution < -0.4 is 0 Å². The fourth-order valence-corrected chi connectivity index (χ4v) is 2.11. The van der Waals surface area contributed by atoms with E-state index in [1.54, 1.807) is 0 Å². The fourth-order valence-electron chi connectivity index (χ4n) is 2.11. The second kappa shape index (κ2) is 3.65. The molecule has 1 saturated heterocycles. The van der Waals surface area contributed by atoms with Crippen LogP contribution in [0, 0.1) is 0 Å². The molecule has 2 rings (SSSR count). The Morgan fingerprint density at radius 2 is 1.58 bits per heavy atom. The Bertz CT molecular complexity index is 470. The number of hydrazine groups is 1. The molecule has 1 fully saturated rings. The Balaban J connectivity index is 2.71. The van der Waals surface area contributed by atoms with Gasteiger partial charge in [-0.05, 0) is 26.0 Å². The van der Waals surface area contributed by atoms with Gasteiger partial charge >= 0.3 is 17.6 Å². The van der Waals surface area contributed by atoms with Crippen molar-refractivity contribution >= 4 is 0 Å². The van der Waals surface area contributed by atoms with Crippen molar-refractivity contribution in [2.75, 3.05) is 0 Å². The molecule has 1 aliphatic heterocycles. The van der Waals surface area contributed by atoms with E-state index in [9.17, 15) is 30.8 Å². The highest BCUT2D eigenvalue weighted by atomic mass is 19.3. The molecule has 0 aromatic heterocycles. The van der Waals surface area contributed by atoms with Crippen LogP contribution in [-0.2, 0) is 0 Å². The van der Waals surface area contributed by atoms with Gasteiger partial charge in [0.1, 0.15) is 0 Å². The number of rotatable bonds is 1. The SMILES string of the molecule is CC(C)N1C2=CC=C(F)C(F)(F)C2(F)C(F)(F)N1F. The van der Waals surface area contributed by atoms with Crippen LogP contribution in [0.4, 0.5) is 30.8 Å². The molecule has 0 amide bonds. The van der Waals surface area contributed by atoms with Crippen LogP contribution in [0.15, 0.2) is 23.7 Å². The molecule has 1 aliphatic carbocycles. The van der Waals surface area contributed by atoms with E-state index >= 15 is 0 Å². The molecule has 0 spiro atoms. The molecule has 19 heavy (non-hydrogen) atoms. The number of halogens is 7. The van der Waals surface area contributed by atoms with Gasteiger partial charge in [0.15, 0.2) is 5.83 Å². The Labute approximate surface area is 103 Å². The molecule has 0 saturated carbocycles. The third-order valence-electron chi connectivity index (χ3n) is 3.04. The van der Waals surface area contributed by atoms with Gasteiger partial charge in [-0.15, -0.1) is 4.48 Å². The number of alkyl halides is 5. The monoisotopic (exact) mass is 290 g/mol. The van der Waals surface area contributed by atoms with Crippen LogP contribution in [-0.4, -0.2) is 33.9 Å². The van der Waals surface area contributed by atoms with E-state index in [1.807, 2.05) is 0 Å². The maximum absolute atomic E-state index is 14.3. The minimum absolute atomic E-state index is 0.0385. The van der Waals surface area contributed by atoms with Crippen molar-refractivity contribution in [3.05, 3.63) is 23.7 Å². The average Bonchev–Trinajstić information content (AvgIpc) is 2.44. The summed E-state index contributed by atoms with van der Waals surface area (Å²) < 4.78 is 94.8. The Morgan fingerprint density at radius 1 is 1.05 bits per heavy atom. The lowest BCUT2D eigenvalue weighted by Crippen LogP contribution is -2.58. The smallest absolute Gasteiger partial charge is 0.271 e. The second-order valence-electron chi connectivity index (χ2n) is 4.54. The summed E-state index contributed by atoms with van der Waals surface area (Å²) in [5.41, 5.74) is -6.11. The van der Waals surface area contributed by atoms with Gasteiger partial charge in [0.2, 0.25) is 0 Å². The summed E-state index contributed by atoms with van der Waals surface area (Å²) in [4.78, 5) is 0. The zero-order valence-corrected chi connectivity index (χ0v) is 9.77. The van der Waals surface area contributed by atoms with Crippen LogP contribution in [0.5, 0.6) is 0 Å². The first-order chi connectivity index (χ1) is 8.49. The Hall–Kier alpha value is -1.25. The fraction of sp³-hybridized carbons (Fsp3) is 0.600. The predicted octanol–water partition coefficient (Wildman–Crippen LogP) is 3.50. The first-order valence-electron chi connectivity index (χ1n) is 5.27. The summed E-state index contributed by atoms with van der Waals surface area (Å²) in [7, 11) is 0. The van der Waals surface area contributed by atoms with Crippen LogP contribution in [0.2, 0.25) is 0 Å². The molecular weight excluding hydrogens is 281 g/mol. The summed E-state index contributed by atoms with van der Waals surface area (Å²) in [5.74, 6) is -7.54. The van der Waals surface area contributed by atoms with E-state index in [-0.39, 0.29) is 11.1 Å². The maximum Gasteiger partial charge on any atom is 0.393 e. The standard InChI is InChI=1S/C10H9F7N2/c1-5(2)18-7-4-3-6(11)9(13,14)8(7,12)10(15,16)19(18)17/h3-5H,1-2H3. The largest absolute Gasteiger partial charge is 0.393 e. The van der Waals surface area contributed by atoms with Crippen molar-refractivity contribution in [2.24, 2.45) is 0 Å². The summed E-state index contributed by atoms with van der Waals surface area (Å²) in [6.07, 6.45) is 0.540. The number of fused-ring (bicyclic) bond motifs is 1. The lowest BCUT2D eigenvalue weighted by Gasteiger charge is -2.34. The highest BCUT2D eigenvalue weighted by Crippen LogP contribution is 2.61. The Morgan fingerprint density at radius 3 is 2.05 bits per heavy atom. The molecule has 1 heterocycles. The topological polar surface area (TPSA) is 6.48 Å². The lowest BCUT2D eigenvalue weighted by molar-refractivity contribution is -0.340. The number of nitrogens with zero attached hydrogens (tertiary/aromatic N) is 2. The molecule has 1 unspecified atom stereocenters. The van der Waals surface area contributed by atoms with Gasteiger partial charge in [-0.25, -0.2) is 8.78 Å². The van der Waals surface area contributed by atoms with Crippen molar-refractivity contribution < 1.29 is 30.8 Å². The molecule has 0 aromatic rings. The first kappa shape index (κ1) is 14.2. The Kier molecular flexibility index (Phi) is 2.72. The predicted molar refractivity (Wildman–Crippen MR) is 50.9 cm³/mol. The zero-order chi connectivity index (χ0) is 14.8. The minimum Gasteiger partial charge on any atom is -0.271 e. The van der Waals surface area contributed by atoms with Crippen LogP contribution in [0.3, 0.4) is 0 Å². The molecule has 0 aromatic carbocycles. The number of hydrogen-bond acceptors (Lipinski definition) is 2. The average molecular weight is 290 g/mol. The van der Waals surface area contributed by atoms with E-state index in [0.717, 1.165) is 0 Å². The second-order valence-corrected chi connectivity index (χ2v) is 4.54. The first-order valence-corrected chi connectivity index (χ1v) is 5.27. The van der Waals surface area contributed by atoms with Gasteiger partial charge in [0.25, 0.3) is 0 Å². The van der Waals surface area contributed by atoms with Crippen molar-refractivity contribution in [3.8, 4) is 0 Å². The molecule has 1 atom stereocenters. The summed E-state index contributed by atoms with van der Waals surface area (Å²) >= 11 is 0. The normalized spacial score (nSPS) is 33.3. The molecule has 0 bridgehead atoms. The molecule has 2 aliphatic rings. The van der Waals surface area contributed by atoms with Crippen LogP contribution >= 0.6 is 0 Å². The van der Waals surface area contributed by atoms with Crippen molar-refractivity contribution in [3.63, 3.8) is 0 Å². The van der Waals surface area contributed by atoms with Crippen LogP contribution in [0.25, 0.3) is 0 Å². The molecule has 0 radical (unpaired) electrons. The van der Waals surface area contributed by atoms with E-state index in [2.05, 4.69) is 0 Å². The van der Waals surface area contributed by atoms with Gasteiger partial charge in [-0.1, -0.05) is 0 Å². The third-order valence-corrected chi connectivity index (χ3v) is 3.04. The van der Waals surface area contributed by atoms with E-state index in [1.165, 1.54) is 13.8 Å². The van der Waals surface area contributed by atoms with Gasteiger partial charge in [0.05, 0.1) is 5.70 Å². The van der Waals surface area contributed by atoms with Crippen molar-refractivity contribution in [1.82, 2.24) is 10.2 Å². The summed E-state index contributed by atoms with van der Waals surface area (Å²) in [6.45, 7) is 2.39.